The van der Waals surface area contributed by atoms with Gasteiger partial charge in [0.15, 0.2) is 0 Å². The van der Waals surface area contributed by atoms with Crippen LogP contribution in [0, 0.1) is 0 Å². The molecule has 1 N–H and O–H groups in total. The van der Waals surface area contributed by atoms with Crippen LogP contribution in [-0.4, -0.2) is 18.6 Å². The first-order valence-corrected chi connectivity index (χ1v) is 6.40. The highest BCUT2D eigenvalue weighted by Gasteiger charge is 2.30. The Kier molecular flexibility index (Phi) is 5.68. The summed E-state index contributed by atoms with van der Waals surface area (Å²) >= 11 is 5.80. The first-order chi connectivity index (χ1) is 9.24. The molecule has 1 aromatic carbocycles. The van der Waals surface area contributed by atoms with Gasteiger partial charge in [0.05, 0.1) is 29.3 Å². The number of halogens is 4. The van der Waals surface area contributed by atoms with Gasteiger partial charge in [0.25, 0.3) is 0 Å². The second-order valence-corrected chi connectivity index (χ2v) is 4.65. The van der Waals surface area contributed by atoms with Gasteiger partial charge in [-0.05, 0) is 32.0 Å². The Hall–Kier alpha value is -1.43. The third kappa shape index (κ3) is 4.92. The average molecular weight is 310 g/mol. The Morgan fingerprint density at radius 2 is 2.10 bits per heavy atom. The molecule has 0 radical (unpaired) electrons. The minimum atomic E-state index is -4.43. The summed E-state index contributed by atoms with van der Waals surface area (Å²) in [5.74, 6) is -0.379. The van der Waals surface area contributed by atoms with Crippen LogP contribution in [0.2, 0.25) is 5.02 Å². The van der Waals surface area contributed by atoms with Crippen LogP contribution in [0.5, 0.6) is 0 Å². The van der Waals surface area contributed by atoms with Gasteiger partial charge in [-0.2, -0.15) is 13.2 Å². The minimum Gasteiger partial charge on any atom is -0.466 e. The van der Waals surface area contributed by atoms with Gasteiger partial charge < -0.3 is 10.1 Å². The van der Waals surface area contributed by atoms with E-state index >= 15 is 0 Å². The lowest BCUT2D eigenvalue weighted by Gasteiger charge is -2.16. The van der Waals surface area contributed by atoms with Gasteiger partial charge in [0, 0.05) is 6.04 Å². The Morgan fingerprint density at radius 1 is 1.45 bits per heavy atom. The van der Waals surface area contributed by atoms with E-state index < -0.39 is 11.7 Å². The van der Waals surface area contributed by atoms with Crippen LogP contribution in [-0.2, 0) is 15.7 Å². The van der Waals surface area contributed by atoms with Crippen LogP contribution >= 0.6 is 11.6 Å². The van der Waals surface area contributed by atoms with E-state index in [1.807, 2.05) is 0 Å². The van der Waals surface area contributed by atoms with E-state index in [0.717, 1.165) is 12.1 Å². The molecule has 7 heteroatoms. The highest BCUT2D eigenvalue weighted by Crippen LogP contribution is 2.34. The standard InChI is InChI=1S/C13H15ClF3NO2/c1-3-20-12(19)6-8(2)18-11-5-4-9(7-10(11)14)13(15,16)17/h4-5,7-8,18H,3,6H2,1-2H3. The summed E-state index contributed by atoms with van der Waals surface area (Å²) in [5.41, 5.74) is -0.470. The van der Waals surface area contributed by atoms with E-state index in [1.165, 1.54) is 6.07 Å². The van der Waals surface area contributed by atoms with Gasteiger partial charge in [-0.25, -0.2) is 0 Å². The predicted octanol–water partition coefficient (Wildman–Crippen LogP) is 4.11. The maximum Gasteiger partial charge on any atom is 0.416 e. The molecule has 112 valence electrons. The number of nitrogens with one attached hydrogen (secondary N) is 1. The molecule has 0 saturated carbocycles. The lowest BCUT2D eigenvalue weighted by molar-refractivity contribution is -0.143. The molecule has 1 atom stereocenters. The van der Waals surface area contributed by atoms with Crippen molar-refractivity contribution in [3.63, 3.8) is 0 Å². The van der Waals surface area contributed by atoms with Gasteiger partial charge >= 0.3 is 12.1 Å². The quantitative estimate of drug-likeness (QED) is 0.832. The molecule has 1 rings (SSSR count). The highest BCUT2D eigenvalue weighted by molar-refractivity contribution is 6.33. The fourth-order valence-electron chi connectivity index (χ4n) is 1.59. The summed E-state index contributed by atoms with van der Waals surface area (Å²) in [4.78, 5) is 11.3. The number of ether oxygens (including phenoxy) is 1. The van der Waals surface area contributed by atoms with Crippen LogP contribution < -0.4 is 5.32 Å². The zero-order valence-corrected chi connectivity index (χ0v) is 11.8. The number of benzene rings is 1. The van der Waals surface area contributed by atoms with Gasteiger partial charge in [-0.15, -0.1) is 0 Å². The smallest absolute Gasteiger partial charge is 0.416 e. The summed E-state index contributed by atoms with van der Waals surface area (Å²) in [6.07, 6.45) is -4.33. The molecule has 1 unspecified atom stereocenters. The predicted molar refractivity (Wildman–Crippen MR) is 70.8 cm³/mol. The topological polar surface area (TPSA) is 38.3 Å². The first kappa shape index (κ1) is 16.6. The molecule has 0 amide bonds. The number of esters is 1. The Labute approximate surface area is 120 Å². The number of carbonyl (C=O) groups excluding carboxylic acids is 1. The normalized spacial score (nSPS) is 12.9. The zero-order chi connectivity index (χ0) is 15.3. The van der Waals surface area contributed by atoms with Crippen molar-refractivity contribution in [2.24, 2.45) is 0 Å². The number of rotatable bonds is 5. The summed E-state index contributed by atoms with van der Waals surface area (Å²) < 4.78 is 42.2. The Morgan fingerprint density at radius 3 is 2.60 bits per heavy atom. The fourth-order valence-corrected chi connectivity index (χ4v) is 1.83. The van der Waals surface area contributed by atoms with Crippen molar-refractivity contribution in [1.29, 1.82) is 0 Å². The first-order valence-electron chi connectivity index (χ1n) is 6.03. The molecular formula is C13H15ClF3NO2. The third-order valence-corrected chi connectivity index (χ3v) is 2.79. The maximum absolute atomic E-state index is 12.5. The Bertz CT molecular complexity index is 477. The summed E-state index contributed by atoms with van der Waals surface area (Å²) in [6, 6.07) is 2.72. The van der Waals surface area contributed by atoms with E-state index in [1.54, 1.807) is 13.8 Å². The van der Waals surface area contributed by atoms with Crippen LogP contribution in [0.1, 0.15) is 25.8 Å². The monoisotopic (exact) mass is 309 g/mol. The summed E-state index contributed by atoms with van der Waals surface area (Å²) in [6.45, 7) is 3.69. The van der Waals surface area contributed by atoms with Crippen LogP contribution in [0.25, 0.3) is 0 Å². The Balaban J connectivity index is 2.71. The van der Waals surface area contributed by atoms with Crippen molar-refractivity contribution in [3.05, 3.63) is 28.8 Å². The fraction of sp³-hybridized carbons (Fsp3) is 0.462. The van der Waals surface area contributed by atoms with Gasteiger partial charge in [-0.3, -0.25) is 4.79 Å². The van der Waals surface area contributed by atoms with E-state index in [0.29, 0.717) is 5.69 Å². The van der Waals surface area contributed by atoms with Crippen molar-refractivity contribution >= 4 is 23.3 Å². The average Bonchev–Trinajstić information content (AvgIpc) is 2.30. The second-order valence-electron chi connectivity index (χ2n) is 4.25. The molecule has 0 aliphatic heterocycles. The summed E-state index contributed by atoms with van der Waals surface area (Å²) in [7, 11) is 0. The molecule has 3 nitrogen and oxygen atoms in total. The van der Waals surface area contributed by atoms with Crippen molar-refractivity contribution < 1.29 is 22.7 Å². The molecule has 0 aliphatic rings. The van der Waals surface area contributed by atoms with E-state index in [4.69, 9.17) is 16.3 Å². The lowest BCUT2D eigenvalue weighted by Crippen LogP contribution is -2.21. The largest absolute Gasteiger partial charge is 0.466 e. The van der Waals surface area contributed by atoms with E-state index in [2.05, 4.69) is 5.32 Å². The number of hydrogen-bond acceptors (Lipinski definition) is 3. The third-order valence-electron chi connectivity index (χ3n) is 2.48. The second kappa shape index (κ2) is 6.83. The van der Waals surface area contributed by atoms with Gasteiger partial charge in [-0.1, -0.05) is 11.6 Å². The van der Waals surface area contributed by atoms with Crippen LogP contribution in [0.15, 0.2) is 18.2 Å². The molecule has 0 bridgehead atoms. The summed E-state index contributed by atoms with van der Waals surface area (Å²) in [5, 5.41) is 2.83. The molecule has 0 fully saturated rings. The molecular weight excluding hydrogens is 295 g/mol. The van der Waals surface area contributed by atoms with Crippen LogP contribution in [0.3, 0.4) is 0 Å². The molecule has 0 aromatic heterocycles. The minimum absolute atomic E-state index is 0.0458. The van der Waals surface area contributed by atoms with Crippen molar-refractivity contribution in [2.45, 2.75) is 32.5 Å². The van der Waals surface area contributed by atoms with E-state index in [9.17, 15) is 18.0 Å². The maximum atomic E-state index is 12.5. The van der Waals surface area contributed by atoms with Gasteiger partial charge in [0.1, 0.15) is 0 Å². The molecule has 0 saturated heterocycles. The SMILES string of the molecule is CCOC(=O)CC(C)Nc1ccc(C(F)(F)F)cc1Cl. The highest BCUT2D eigenvalue weighted by atomic mass is 35.5. The van der Waals surface area contributed by atoms with Crippen LogP contribution in [0.4, 0.5) is 18.9 Å². The number of carbonyl (C=O) groups is 1. The number of hydrogen-bond donors (Lipinski definition) is 1. The number of anilines is 1. The number of alkyl halides is 3. The molecule has 20 heavy (non-hydrogen) atoms. The van der Waals surface area contributed by atoms with Crippen molar-refractivity contribution in [1.82, 2.24) is 0 Å². The van der Waals surface area contributed by atoms with E-state index in [-0.39, 0.29) is 30.1 Å². The molecule has 0 heterocycles. The lowest BCUT2D eigenvalue weighted by atomic mass is 10.1. The van der Waals surface area contributed by atoms with Crippen molar-refractivity contribution in [2.75, 3.05) is 11.9 Å². The van der Waals surface area contributed by atoms with Crippen molar-refractivity contribution in [3.8, 4) is 0 Å². The molecule has 0 aliphatic carbocycles. The molecule has 1 aromatic rings. The van der Waals surface area contributed by atoms with Gasteiger partial charge in [0.2, 0.25) is 0 Å². The molecule has 0 spiro atoms. The zero-order valence-electron chi connectivity index (χ0n) is 11.1.